The fourth-order valence-electron chi connectivity index (χ4n) is 2.38. The predicted molar refractivity (Wildman–Crippen MR) is 87.9 cm³/mol. The highest BCUT2D eigenvalue weighted by molar-refractivity contribution is 7.89. The molecule has 8 nitrogen and oxygen atoms in total. The van der Waals surface area contributed by atoms with Crippen LogP contribution in [0.4, 0.5) is 5.69 Å². The van der Waals surface area contributed by atoms with Crippen LogP contribution < -0.4 is 0 Å². The number of nitrogens with zero attached hydrogens (tertiary/aromatic N) is 3. The highest BCUT2D eigenvalue weighted by Gasteiger charge is 2.29. The summed E-state index contributed by atoms with van der Waals surface area (Å²) in [7, 11) is -3.72. The van der Waals surface area contributed by atoms with Gasteiger partial charge < -0.3 is 4.90 Å². The number of carbonyl (C=O) groups excluding carboxylic acids is 1. The second-order valence-electron chi connectivity index (χ2n) is 5.70. The van der Waals surface area contributed by atoms with Crippen molar-refractivity contribution in [1.82, 2.24) is 9.21 Å². The molecule has 0 aliphatic carbocycles. The van der Waals surface area contributed by atoms with Crippen molar-refractivity contribution >= 4 is 21.6 Å². The van der Waals surface area contributed by atoms with E-state index in [4.69, 9.17) is 0 Å². The van der Waals surface area contributed by atoms with Crippen LogP contribution in [-0.4, -0.2) is 54.6 Å². The van der Waals surface area contributed by atoms with E-state index in [0.717, 1.165) is 5.57 Å². The number of allylic oxidation sites excluding steroid dienone is 1. The Morgan fingerprint density at radius 1 is 1.12 bits per heavy atom. The van der Waals surface area contributed by atoms with Crippen molar-refractivity contribution in [3.8, 4) is 0 Å². The van der Waals surface area contributed by atoms with Crippen LogP contribution in [0.3, 0.4) is 0 Å². The molecule has 0 saturated carbocycles. The molecule has 0 N–H and O–H groups in total. The minimum absolute atomic E-state index is 0.0113. The molecule has 1 aliphatic rings. The van der Waals surface area contributed by atoms with E-state index in [9.17, 15) is 23.3 Å². The van der Waals surface area contributed by atoms with Crippen molar-refractivity contribution < 1.29 is 18.1 Å². The van der Waals surface area contributed by atoms with Crippen LogP contribution in [0.25, 0.3) is 0 Å². The van der Waals surface area contributed by atoms with Crippen LogP contribution >= 0.6 is 0 Å². The van der Waals surface area contributed by atoms with Gasteiger partial charge in [0.15, 0.2) is 0 Å². The highest BCUT2D eigenvalue weighted by Crippen LogP contribution is 2.20. The molecule has 0 unspecified atom stereocenters. The summed E-state index contributed by atoms with van der Waals surface area (Å²) in [6.45, 7) is 4.67. The highest BCUT2D eigenvalue weighted by atomic mass is 32.2. The van der Waals surface area contributed by atoms with E-state index in [1.54, 1.807) is 4.90 Å². The van der Waals surface area contributed by atoms with Gasteiger partial charge in [-0.1, -0.05) is 5.57 Å². The van der Waals surface area contributed by atoms with Crippen molar-refractivity contribution in [2.24, 2.45) is 0 Å². The molecule has 1 amide bonds. The molecule has 24 heavy (non-hydrogen) atoms. The standard InChI is InChI=1S/C15H19N3O5S/c1-12(2)11-15(19)16-7-9-17(10-8-16)24(22,23)14-5-3-13(4-6-14)18(20)21/h3-6,11H,7-10H2,1-2H3. The van der Waals surface area contributed by atoms with Gasteiger partial charge in [0, 0.05) is 44.4 Å². The maximum atomic E-state index is 12.6. The minimum Gasteiger partial charge on any atom is -0.337 e. The van der Waals surface area contributed by atoms with Crippen LogP contribution in [0.1, 0.15) is 13.8 Å². The average Bonchev–Trinajstić information content (AvgIpc) is 2.54. The number of sulfonamides is 1. The Kier molecular flexibility index (Phi) is 5.35. The molecule has 1 fully saturated rings. The van der Waals surface area contributed by atoms with Gasteiger partial charge in [0.25, 0.3) is 5.69 Å². The topological polar surface area (TPSA) is 101 Å². The zero-order valence-electron chi connectivity index (χ0n) is 13.5. The molecule has 0 spiro atoms. The molecular weight excluding hydrogens is 334 g/mol. The summed E-state index contributed by atoms with van der Waals surface area (Å²) in [5.41, 5.74) is 0.729. The molecule has 0 aromatic heterocycles. The third-order valence-electron chi connectivity index (χ3n) is 3.65. The quantitative estimate of drug-likeness (QED) is 0.462. The summed E-state index contributed by atoms with van der Waals surface area (Å²) in [4.78, 5) is 23.6. The Hall–Kier alpha value is -2.26. The predicted octanol–water partition coefficient (Wildman–Crippen LogP) is 1.39. The van der Waals surface area contributed by atoms with E-state index < -0.39 is 14.9 Å². The number of benzene rings is 1. The lowest BCUT2D eigenvalue weighted by Gasteiger charge is -2.33. The molecule has 9 heteroatoms. The SMILES string of the molecule is CC(C)=CC(=O)N1CCN(S(=O)(=O)c2ccc([N+](=O)[O-])cc2)CC1. The first-order valence-electron chi connectivity index (χ1n) is 7.40. The molecule has 0 radical (unpaired) electrons. The maximum Gasteiger partial charge on any atom is 0.269 e. The van der Waals surface area contributed by atoms with E-state index >= 15 is 0 Å². The Bertz CT molecular complexity index is 759. The van der Waals surface area contributed by atoms with Crippen molar-refractivity contribution in [2.75, 3.05) is 26.2 Å². The van der Waals surface area contributed by atoms with Gasteiger partial charge in [-0.25, -0.2) is 8.42 Å². The number of rotatable bonds is 4. The Balaban J connectivity index is 2.08. The first kappa shape index (κ1) is 18.1. The summed E-state index contributed by atoms with van der Waals surface area (Å²) in [5, 5.41) is 10.6. The normalized spacial score (nSPS) is 15.8. The lowest BCUT2D eigenvalue weighted by atomic mass is 10.3. The second-order valence-corrected chi connectivity index (χ2v) is 7.64. The smallest absolute Gasteiger partial charge is 0.269 e. The molecule has 1 aromatic carbocycles. The van der Waals surface area contributed by atoms with Crippen LogP contribution in [0.5, 0.6) is 0 Å². The fourth-order valence-corrected chi connectivity index (χ4v) is 3.80. The molecule has 2 rings (SSSR count). The van der Waals surface area contributed by atoms with E-state index in [-0.39, 0.29) is 29.6 Å². The molecule has 1 saturated heterocycles. The fraction of sp³-hybridized carbons (Fsp3) is 0.400. The minimum atomic E-state index is -3.72. The van der Waals surface area contributed by atoms with E-state index in [2.05, 4.69) is 0 Å². The van der Waals surface area contributed by atoms with Gasteiger partial charge >= 0.3 is 0 Å². The molecule has 1 aliphatic heterocycles. The summed E-state index contributed by atoms with van der Waals surface area (Å²) in [6.07, 6.45) is 1.53. The van der Waals surface area contributed by atoms with Gasteiger partial charge in [-0.3, -0.25) is 14.9 Å². The summed E-state index contributed by atoms with van der Waals surface area (Å²) in [6, 6.07) is 4.80. The second kappa shape index (κ2) is 7.10. The van der Waals surface area contributed by atoms with Crippen LogP contribution in [0.2, 0.25) is 0 Å². The van der Waals surface area contributed by atoms with Crippen molar-refractivity contribution in [1.29, 1.82) is 0 Å². The van der Waals surface area contributed by atoms with Crippen molar-refractivity contribution in [2.45, 2.75) is 18.7 Å². The van der Waals surface area contributed by atoms with Gasteiger partial charge in [0.05, 0.1) is 9.82 Å². The van der Waals surface area contributed by atoms with Gasteiger partial charge in [-0.2, -0.15) is 4.31 Å². The van der Waals surface area contributed by atoms with E-state index in [1.165, 1.54) is 34.6 Å². The monoisotopic (exact) mass is 353 g/mol. The average molecular weight is 353 g/mol. The van der Waals surface area contributed by atoms with Crippen molar-refractivity contribution in [3.63, 3.8) is 0 Å². The Morgan fingerprint density at radius 2 is 1.67 bits per heavy atom. The number of carbonyl (C=O) groups is 1. The van der Waals surface area contributed by atoms with Gasteiger partial charge in [0.1, 0.15) is 0 Å². The summed E-state index contributed by atoms with van der Waals surface area (Å²) < 4.78 is 26.4. The number of nitro benzene ring substituents is 1. The molecule has 0 bridgehead atoms. The van der Waals surface area contributed by atoms with Crippen LogP contribution in [0.15, 0.2) is 40.8 Å². The number of nitro groups is 1. The van der Waals surface area contributed by atoms with Gasteiger partial charge in [-0.05, 0) is 26.0 Å². The largest absolute Gasteiger partial charge is 0.337 e. The zero-order chi connectivity index (χ0) is 17.9. The molecule has 0 atom stereocenters. The third-order valence-corrected chi connectivity index (χ3v) is 5.56. The Morgan fingerprint density at radius 3 is 2.12 bits per heavy atom. The molecule has 1 heterocycles. The maximum absolute atomic E-state index is 12.6. The lowest BCUT2D eigenvalue weighted by molar-refractivity contribution is -0.384. The number of piperazine rings is 1. The third kappa shape index (κ3) is 3.98. The summed E-state index contributed by atoms with van der Waals surface area (Å²) >= 11 is 0. The lowest BCUT2D eigenvalue weighted by Crippen LogP contribution is -2.50. The Labute approximate surface area is 140 Å². The van der Waals surface area contributed by atoms with Crippen molar-refractivity contribution in [3.05, 3.63) is 46.0 Å². The number of amides is 1. The van der Waals surface area contributed by atoms with Crippen LogP contribution in [0, 0.1) is 10.1 Å². The first-order chi connectivity index (χ1) is 11.2. The van der Waals surface area contributed by atoms with Gasteiger partial charge in [-0.15, -0.1) is 0 Å². The number of hydrogen-bond acceptors (Lipinski definition) is 5. The molecular formula is C15H19N3O5S. The van der Waals surface area contributed by atoms with E-state index in [1.807, 2.05) is 13.8 Å². The van der Waals surface area contributed by atoms with Crippen LogP contribution in [-0.2, 0) is 14.8 Å². The number of non-ortho nitro benzene ring substituents is 1. The molecule has 130 valence electrons. The zero-order valence-corrected chi connectivity index (χ0v) is 14.3. The number of hydrogen-bond donors (Lipinski definition) is 0. The summed E-state index contributed by atoms with van der Waals surface area (Å²) in [5.74, 6) is -0.123. The van der Waals surface area contributed by atoms with Gasteiger partial charge in [0.2, 0.25) is 15.9 Å². The molecule has 1 aromatic rings. The first-order valence-corrected chi connectivity index (χ1v) is 8.84. The van der Waals surface area contributed by atoms with E-state index in [0.29, 0.717) is 13.1 Å².